The minimum Gasteiger partial charge on any atom is -0.496 e. The highest BCUT2D eigenvalue weighted by molar-refractivity contribution is 7.20. The van der Waals surface area contributed by atoms with Crippen LogP contribution in [0.4, 0.5) is 5.69 Å². The molecule has 1 aliphatic rings. The van der Waals surface area contributed by atoms with Crippen molar-refractivity contribution in [3.05, 3.63) is 52.0 Å². The Morgan fingerprint density at radius 3 is 2.66 bits per heavy atom. The Morgan fingerprint density at radius 2 is 1.97 bits per heavy atom. The highest BCUT2D eigenvalue weighted by atomic mass is 35.5. The van der Waals surface area contributed by atoms with E-state index in [-0.39, 0.29) is 17.6 Å². The van der Waals surface area contributed by atoms with Gasteiger partial charge in [-0.15, -0.1) is 11.3 Å². The zero-order valence-corrected chi connectivity index (χ0v) is 17.4. The van der Waals surface area contributed by atoms with Crippen LogP contribution >= 0.6 is 22.9 Å². The van der Waals surface area contributed by atoms with Gasteiger partial charge in [0.1, 0.15) is 5.75 Å². The van der Waals surface area contributed by atoms with E-state index in [1.54, 1.807) is 11.0 Å². The van der Waals surface area contributed by atoms with Crippen molar-refractivity contribution in [2.45, 2.75) is 12.8 Å². The summed E-state index contributed by atoms with van der Waals surface area (Å²) in [6, 6.07) is 10.8. The number of thiazole rings is 1. The van der Waals surface area contributed by atoms with Crippen LogP contribution in [0.2, 0.25) is 5.02 Å². The van der Waals surface area contributed by atoms with Gasteiger partial charge in [0, 0.05) is 25.1 Å². The summed E-state index contributed by atoms with van der Waals surface area (Å²) >= 11 is 7.52. The molecule has 3 aromatic rings. The molecular weight excluding hydrogens is 410 g/mol. The number of likely N-dealkylation sites (tertiary alicyclic amines) is 1. The van der Waals surface area contributed by atoms with Gasteiger partial charge in [0.05, 0.1) is 33.6 Å². The highest BCUT2D eigenvalue weighted by Gasteiger charge is 2.31. The average Bonchev–Trinajstić information content (AvgIpc) is 3.18. The molecule has 0 aliphatic carbocycles. The van der Waals surface area contributed by atoms with Crippen molar-refractivity contribution in [3.8, 4) is 5.75 Å². The van der Waals surface area contributed by atoms with Crippen LogP contribution in [0.5, 0.6) is 5.75 Å². The van der Waals surface area contributed by atoms with Gasteiger partial charge in [-0.2, -0.15) is 0 Å². The normalized spacial score (nSPS) is 14.9. The number of nitrogens with zero attached hydrogens (tertiary/aromatic N) is 2. The van der Waals surface area contributed by atoms with E-state index in [1.165, 1.54) is 24.5 Å². The number of fused-ring (bicyclic) bond motifs is 1. The standard InChI is InChI=1S/C21H20ClN3O3S/c1-28-17-11-15(23)14(22)10-13(17)21(27)25-8-6-12(7-9-25)19(26)20-24-16-4-2-3-5-18(16)29-20/h2-5,10-12H,6-9,23H2,1H3. The molecule has 1 fully saturated rings. The lowest BCUT2D eigenvalue weighted by Crippen LogP contribution is -2.40. The molecule has 150 valence electrons. The second-order valence-electron chi connectivity index (χ2n) is 6.99. The number of rotatable bonds is 4. The lowest BCUT2D eigenvalue weighted by Gasteiger charge is -2.31. The number of nitrogens with two attached hydrogens (primary N) is 1. The first kappa shape index (κ1) is 19.7. The van der Waals surface area contributed by atoms with E-state index < -0.39 is 0 Å². The van der Waals surface area contributed by atoms with E-state index in [0.29, 0.717) is 53.0 Å². The van der Waals surface area contributed by atoms with Crippen LogP contribution < -0.4 is 10.5 Å². The summed E-state index contributed by atoms with van der Waals surface area (Å²) in [7, 11) is 1.49. The van der Waals surface area contributed by atoms with Crippen molar-refractivity contribution < 1.29 is 14.3 Å². The third kappa shape index (κ3) is 3.80. The Labute approximate surface area is 177 Å². The van der Waals surface area contributed by atoms with Crippen molar-refractivity contribution in [3.63, 3.8) is 0 Å². The Hall–Kier alpha value is -2.64. The molecule has 0 unspecified atom stereocenters. The van der Waals surface area contributed by atoms with Gasteiger partial charge in [-0.3, -0.25) is 9.59 Å². The maximum Gasteiger partial charge on any atom is 0.257 e. The smallest absolute Gasteiger partial charge is 0.257 e. The van der Waals surface area contributed by atoms with E-state index in [0.717, 1.165) is 10.2 Å². The average molecular weight is 430 g/mol. The maximum atomic E-state index is 13.0. The molecule has 0 radical (unpaired) electrons. The summed E-state index contributed by atoms with van der Waals surface area (Å²) in [6.07, 6.45) is 1.21. The molecule has 1 aromatic heterocycles. The molecule has 2 aromatic carbocycles. The first-order valence-electron chi connectivity index (χ1n) is 9.30. The third-order valence-electron chi connectivity index (χ3n) is 5.21. The number of ether oxygens (including phenoxy) is 1. The number of anilines is 1. The number of aromatic nitrogens is 1. The second-order valence-corrected chi connectivity index (χ2v) is 8.43. The first-order valence-corrected chi connectivity index (χ1v) is 10.5. The number of hydrogen-bond acceptors (Lipinski definition) is 6. The summed E-state index contributed by atoms with van der Waals surface area (Å²) in [5.41, 5.74) is 7.39. The van der Waals surface area contributed by atoms with E-state index >= 15 is 0 Å². The number of methoxy groups -OCH3 is 1. The molecule has 2 N–H and O–H groups in total. The molecule has 0 saturated carbocycles. The Balaban J connectivity index is 1.46. The van der Waals surface area contributed by atoms with E-state index in [1.807, 2.05) is 24.3 Å². The Morgan fingerprint density at radius 1 is 1.24 bits per heavy atom. The largest absolute Gasteiger partial charge is 0.496 e. The first-order chi connectivity index (χ1) is 14.0. The molecule has 6 nitrogen and oxygen atoms in total. The predicted octanol–water partition coefficient (Wildman–Crippen LogP) is 4.28. The molecular formula is C21H20ClN3O3S. The SMILES string of the molecule is COc1cc(N)c(Cl)cc1C(=O)N1CCC(C(=O)c2nc3ccccc3s2)CC1. The van der Waals surface area contributed by atoms with Gasteiger partial charge in [0.15, 0.2) is 10.8 Å². The minimum atomic E-state index is -0.172. The van der Waals surface area contributed by atoms with Gasteiger partial charge < -0.3 is 15.4 Å². The summed E-state index contributed by atoms with van der Waals surface area (Å²) in [6.45, 7) is 0.983. The van der Waals surface area contributed by atoms with Gasteiger partial charge in [-0.05, 0) is 31.0 Å². The van der Waals surface area contributed by atoms with Crippen molar-refractivity contribution in [2.75, 3.05) is 25.9 Å². The fourth-order valence-corrected chi connectivity index (χ4v) is 4.72. The van der Waals surface area contributed by atoms with Crippen LogP contribution in [-0.4, -0.2) is 41.8 Å². The van der Waals surface area contributed by atoms with Crippen LogP contribution in [-0.2, 0) is 0 Å². The number of halogens is 1. The molecule has 1 aliphatic heterocycles. The molecule has 0 atom stereocenters. The molecule has 1 saturated heterocycles. The van der Waals surface area contributed by atoms with Crippen LogP contribution in [0.15, 0.2) is 36.4 Å². The molecule has 1 amide bonds. The van der Waals surface area contributed by atoms with Crippen molar-refractivity contribution in [1.82, 2.24) is 9.88 Å². The molecule has 0 bridgehead atoms. The van der Waals surface area contributed by atoms with Crippen LogP contribution in [0.25, 0.3) is 10.2 Å². The van der Waals surface area contributed by atoms with Crippen LogP contribution in [0.3, 0.4) is 0 Å². The zero-order chi connectivity index (χ0) is 20.5. The number of ketones is 1. The number of amides is 1. The lowest BCUT2D eigenvalue weighted by molar-refractivity contribution is 0.0647. The molecule has 4 rings (SSSR count). The maximum absolute atomic E-state index is 13.0. The predicted molar refractivity (Wildman–Crippen MR) is 115 cm³/mol. The molecule has 8 heteroatoms. The summed E-state index contributed by atoms with van der Waals surface area (Å²) in [4.78, 5) is 32.1. The molecule has 2 heterocycles. The number of nitrogen functional groups attached to an aromatic ring is 1. The van der Waals surface area contributed by atoms with Crippen molar-refractivity contribution in [1.29, 1.82) is 0 Å². The monoisotopic (exact) mass is 429 g/mol. The number of benzene rings is 2. The number of Topliss-reactive ketones (excluding diaryl/α,β-unsaturated/α-hetero) is 1. The number of hydrogen-bond donors (Lipinski definition) is 1. The molecule has 29 heavy (non-hydrogen) atoms. The van der Waals surface area contributed by atoms with Gasteiger partial charge >= 0.3 is 0 Å². The summed E-state index contributed by atoms with van der Waals surface area (Å²) in [5.74, 6) is 0.155. The van der Waals surface area contributed by atoms with Crippen LogP contribution in [0.1, 0.15) is 33.0 Å². The van der Waals surface area contributed by atoms with E-state index in [2.05, 4.69) is 4.98 Å². The van der Waals surface area contributed by atoms with Gasteiger partial charge in [0.2, 0.25) is 0 Å². The van der Waals surface area contributed by atoms with E-state index in [9.17, 15) is 9.59 Å². The van der Waals surface area contributed by atoms with Gasteiger partial charge in [-0.25, -0.2) is 4.98 Å². The Bertz CT molecular complexity index is 1060. The quantitative estimate of drug-likeness (QED) is 0.494. The second kappa shape index (κ2) is 8.00. The number of carbonyl (C=O) groups is 2. The van der Waals surface area contributed by atoms with Gasteiger partial charge in [-0.1, -0.05) is 23.7 Å². The number of para-hydroxylation sites is 1. The third-order valence-corrected chi connectivity index (χ3v) is 6.59. The highest BCUT2D eigenvalue weighted by Crippen LogP contribution is 2.32. The summed E-state index contributed by atoms with van der Waals surface area (Å²) < 4.78 is 6.30. The van der Waals surface area contributed by atoms with Crippen LogP contribution in [0, 0.1) is 5.92 Å². The van der Waals surface area contributed by atoms with E-state index in [4.69, 9.17) is 22.1 Å². The number of carbonyl (C=O) groups excluding carboxylic acids is 2. The minimum absolute atomic E-state index is 0.0615. The van der Waals surface area contributed by atoms with Crippen molar-refractivity contribution in [2.24, 2.45) is 5.92 Å². The zero-order valence-electron chi connectivity index (χ0n) is 15.9. The fraction of sp³-hybridized carbons (Fsp3) is 0.286. The van der Waals surface area contributed by atoms with Crippen molar-refractivity contribution >= 4 is 50.5 Å². The summed E-state index contributed by atoms with van der Waals surface area (Å²) in [5, 5.41) is 0.859. The van der Waals surface area contributed by atoms with Gasteiger partial charge in [0.25, 0.3) is 5.91 Å². The molecule has 0 spiro atoms. The topological polar surface area (TPSA) is 85.5 Å². The Kier molecular flexibility index (Phi) is 5.43. The fourth-order valence-electron chi connectivity index (χ4n) is 3.57. The lowest BCUT2D eigenvalue weighted by atomic mass is 9.92. The number of piperidine rings is 1.